The zero-order chi connectivity index (χ0) is 14.2. The molecule has 1 aromatic rings. The predicted octanol–water partition coefficient (Wildman–Crippen LogP) is 3.93. The molecule has 1 aliphatic heterocycles. The van der Waals surface area contributed by atoms with Crippen LogP contribution >= 0.6 is 0 Å². The number of rotatable bonds is 1. The Morgan fingerprint density at radius 3 is 2.60 bits per heavy atom. The molecule has 1 aromatic carbocycles. The normalized spacial score (nSPS) is 20.6. The highest BCUT2D eigenvalue weighted by molar-refractivity contribution is 5.66. The molecule has 1 heterocycles. The molecular weight excluding hydrogens is 250 g/mol. The molecular formula is C17H21NO2. The fourth-order valence-corrected chi connectivity index (χ4v) is 3.46. The van der Waals surface area contributed by atoms with Crippen molar-refractivity contribution in [3.63, 3.8) is 0 Å². The minimum atomic E-state index is -0.767. The Morgan fingerprint density at radius 2 is 2.00 bits per heavy atom. The summed E-state index contributed by atoms with van der Waals surface area (Å²) in [7, 11) is 0. The molecule has 1 N–H and O–H groups in total. The zero-order valence-electron chi connectivity index (χ0n) is 11.9. The summed E-state index contributed by atoms with van der Waals surface area (Å²) >= 11 is 0. The molecule has 0 bridgehead atoms. The van der Waals surface area contributed by atoms with Gasteiger partial charge in [-0.15, -0.1) is 0 Å². The van der Waals surface area contributed by atoms with E-state index in [2.05, 4.69) is 37.3 Å². The van der Waals surface area contributed by atoms with Crippen LogP contribution in [0.4, 0.5) is 4.79 Å². The summed E-state index contributed by atoms with van der Waals surface area (Å²) in [5.74, 6) is 0. The van der Waals surface area contributed by atoms with Gasteiger partial charge in [0.15, 0.2) is 0 Å². The number of carbonyl (C=O) groups is 1. The molecule has 3 rings (SSSR count). The Kier molecular flexibility index (Phi) is 3.28. The third-order valence-corrected chi connectivity index (χ3v) is 4.69. The van der Waals surface area contributed by atoms with Gasteiger partial charge >= 0.3 is 6.09 Å². The number of allylic oxidation sites excluding steroid dienone is 1. The summed E-state index contributed by atoms with van der Waals surface area (Å²) < 4.78 is 0. The van der Waals surface area contributed by atoms with Crippen LogP contribution in [0.3, 0.4) is 0 Å². The molecule has 1 amide bonds. The lowest BCUT2D eigenvalue weighted by Gasteiger charge is -2.51. The maximum absolute atomic E-state index is 10.9. The Hall–Kier alpha value is -1.77. The van der Waals surface area contributed by atoms with Crippen molar-refractivity contribution in [3.8, 4) is 0 Å². The minimum Gasteiger partial charge on any atom is -0.465 e. The molecule has 0 aromatic heterocycles. The third kappa shape index (κ3) is 2.58. The molecule has 2 fully saturated rings. The van der Waals surface area contributed by atoms with Crippen LogP contribution in [-0.4, -0.2) is 29.2 Å². The van der Waals surface area contributed by atoms with E-state index < -0.39 is 6.09 Å². The third-order valence-electron chi connectivity index (χ3n) is 4.69. The molecule has 20 heavy (non-hydrogen) atoms. The molecule has 2 aliphatic rings. The molecule has 1 saturated carbocycles. The molecule has 0 radical (unpaired) electrons. The highest BCUT2D eigenvalue weighted by Crippen LogP contribution is 2.45. The second-order valence-corrected chi connectivity index (χ2v) is 6.36. The van der Waals surface area contributed by atoms with Gasteiger partial charge in [-0.2, -0.15) is 0 Å². The van der Waals surface area contributed by atoms with Crippen LogP contribution in [0.2, 0.25) is 0 Å². The molecule has 1 saturated heterocycles. The van der Waals surface area contributed by atoms with Crippen molar-refractivity contribution in [1.82, 2.24) is 4.90 Å². The molecule has 1 aliphatic carbocycles. The van der Waals surface area contributed by atoms with Gasteiger partial charge in [-0.05, 0) is 38.2 Å². The first-order valence-electron chi connectivity index (χ1n) is 7.30. The Bertz CT molecular complexity index is 544. The van der Waals surface area contributed by atoms with Crippen molar-refractivity contribution in [2.24, 2.45) is 5.41 Å². The van der Waals surface area contributed by atoms with Crippen LogP contribution in [0.1, 0.15) is 36.8 Å². The molecule has 106 valence electrons. The van der Waals surface area contributed by atoms with Gasteiger partial charge in [-0.1, -0.05) is 41.5 Å². The van der Waals surface area contributed by atoms with E-state index in [9.17, 15) is 4.79 Å². The largest absolute Gasteiger partial charge is 0.465 e. The predicted molar refractivity (Wildman–Crippen MR) is 79.7 cm³/mol. The number of hydrogen-bond donors (Lipinski definition) is 1. The van der Waals surface area contributed by atoms with Gasteiger partial charge < -0.3 is 10.0 Å². The summed E-state index contributed by atoms with van der Waals surface area (Å²) in [5, 5.41) is 8.93. The van der Waals surface area contributed by atoms with Gasteiger partial charge in [0.25, 0.3) is 0 Å². The summed E-state index contributed by atoms with van der Waals surface area (Å²) in [6.45, 7) is 3.59. The molecule has 0 unspecified atom stereocenters. The van der Waals surface area contributed by atoms with Gasteiger partial charge in [-0.3, -0.25) is 0 Å². The lowest BCUT2D eigenvalue weighted by molar-refractivity contribution is -0.00796. The van der Waals surface area contributed by atoms with E-state index in [1.165, 1.54) is 21.6 Å². The Morgan fingerprint density at radius 1 is 1.30 bits per heavy atom. The van der Waals surface area contributed by atoms with Crippen LogP contribution < -0.4 is 0 Å². The van der Waals surface area contributed by atoms with E-state index in [0.717, 1.165) is 38.8 Å². The fraction of sp³-hybridized carbons (Fsp3) is 0.471. The van der Waals surface area contributed by atoms with Gasteiger partial charge in [0.05, 0.1) is 0 Å². The monoisotopic (exact) mass is 271 g/mol. The van der Waals surface area contributed by atoms with Crippen molar-refractivity contribution in [3.05, 3.63) is 41.0 Å². The van der Waals surface area contributed by atoms with Crippen LogP contribution in [0.25, 0.3) is 6.08 Å². The second kappa shape index (κ2) is 4.97. The van der Waals surface area contributed by atoms with Crippen LogP contribution in [0.15, 0.2) is 29.8 Å². The highest BCUT2D eigenvalue weighted by atomic mass is 16.4. The summed E-state index contributed by atoms with van der Waals surface area (Å²) in [4.78, 5) is 12.4. The number of carboxylic acid groups (broad SMARTS) is 1. The summed E-state index contributed by atoms with van der Waals surface area (Å²) in [6, 6.07) is 8.59. The Balaban J connectivity index is 1.61. The SMILES string of the molecule is Cc1cccc(C=C2CCC3(CC2)CN(C(=O)O)C3)c1. The smallest absolute Gasteiger partial charge is 0.407 e. The van der Waals surface area contributed by atoms with Gasteiger partial charge in [0.1, 0.15) is 0 Å². The van der Waals surface area contributed by atoms with Crippen molar-refractivity contribution in [2.75, 3.05) is 13.1 Å². The number of aryl methyl sites for hydroxylation is 1. The molecule has 3 nitrogen and oxygen atoms in total. The molecule has 1 spiro atoms. The van der Waals surface area contributed by atoms with E-state index >= 15 is 0 Å². The first kappa shape index (κ1) is 13.2. The number of nitrogens with zero attached hydrogens (tertiary/aromatic N) is 1. The van der Waals surface area contributed by atoms with E-state index in [-0.39, 0.29) is 5.41 Å². The van der Waals surface area contributed by atoms with Crippen LogP contribution in [0, 0.1) is 12.3 Å². The maximum atomic E-state index is 10.9. The van der Waals surface area contributed by atoms with E-state index in [0.29, 0.717) is 0 Å². The first-order chi connectivity index (χ1) is 9.56. The summed E-state index contributed by atoms with van der Waals surface area (Å²) in [6.07, 6.45) is 6.04. The zero-order valence-corrected chi connectivity index (χ0v) is 11.9. The topological polar surface area (TPSA) is 40.5 Å². The lowest BCUT2D eigenvalue weighted by Crippen LogP contribution is -2.58. The van der Waals surface area contributed by atoms with Gasteiger partial charge in [0.2, 0.25) is 0 Å². The van der Waals surface area contributed by atoms with Crippen molar-refractivity contribution in [2.45, 2.75) is 32.6 Å². The molecule has 0 atom stereocenters. The highest BCUT2D eigenvalue weighted by Gasteiger charge is 2.46. The molecule has 3 heteroatoms. The number of benzene rings is 1. The quantitative estimate of drug-likeness (QED) is 0.840. The minimum absolute atomic E-state index is 0.280. The second-order valence-electron chi connectivity index (χ2n) is 6.36. The fourth-order valence-electron chi connectivity index (χ4n) is 3.46. The Labute approximate surface area is 119 Å². The van der Waals surface area contributed by atoms with Crippen molar-refractivity contribution >= 4 is 12.2 Å². The van der Waals surface area contributed by atoms with E-state index in [1.54, 1.807) is 0 Å². The average molecular weight is 271 g/mol. The number of hydrogen-bond acceptors (Lipinski definition) is 1. The van der Waals surface area contributed by atoms with Gasteiger partial charge in [0, 0.05) is 18.5 Å². The van der Waals surface area contributed by atoms with Crippen molar-refractivity contribution in [1.29, 1.82) is 0 Å². The van der Waals surface area contributed by atoms with Crippen LogP contribution in [0.5, 0.6) is 0 Å². The first-order valence-corrected chi connectivity index (χ1v) is 7.30. The number of likely N-dealkylation sites (tertiary alicyclic amines) is 1. The maximum Gasteiger partial charge on any atom is 0.407 e. The van der Waals surface area contributed by atoms with Crippen LogP contribution in [-0.2, 0) is 0 Å². The van der Waals surface area contributed by atoms with Gasteiger partial charge in [-0.25, -0.2) is 4.79 Å². The van der Waals surface area contributed by atoms with E-state index in [1.807, 2.05) is 0 Å². The number of amides is 1. The van der Waals surface area contributed by atoms with Crippen molar-refractivity contribution < 1.29 is 9.90 Å². The lowest BCUT2D eigenvalue weighted by atomic mass is 9.67. The summed E-state index contributed by atoms with van der Waals surface area (Å²) in [5.41, 5.74) is 4.37. The average Bonchev–Trinajstić information content (AvgIpc) is 2.37. The standard InChI is InChI=1S/C17H21NO2/c1-13-3-2-4-15(9-13)10-14-5-7-17(8-6-14)11-18(12-17)16(19)20/h2-4,9-10H,5-8,11-12H2,1H3,(H,19,20). The van der Waals surface area contributed by atoms with E-state index in [4.69, 9.17) is 5.11 Å².